The molecule has 7 nitrogen and oxygen atoms in total. The molecule has 0 aliphatic carbocycles. The van der Waals surface area contributed by atoms with Gasteiger partial charge in [0.1, 0.15) is 0 Å². The summed E-state index contributed by atoms with van der Waals surface area (Å²) in [5, 5.41) is 2.92. The van der Waals surface area contributed by atoms with Crippen molar-refractivity contribution in [2.24, 2.45) is 11.1 Å². The third-order valence-electron chi connectivity index (χ3n) is 3.89. The maximum atomic E-state index is 12.3. The summed E-state index contributed by atoms with van der Waals surface area (Å²) >= 11 is 6.02. The van der Waals surface area contributed by atoms with Crippen molar-refractivity contribution in [1.29, 1.82) is 0 Å². The molecule has 1 aromatic heterocycles. The van der Waals surface area contributed by atoms with Crippen LogP contribution in [-0.4, -0.2) is 43.2 Å². The molecule has 23 heavy (non-hydrogen) atoms. The first kappa shape index (κ1) is 17.5. The van der Waals surface area contributed by atoms with Gasteiger partial charge in [0.05, 0.1) is 17.0 Å². The zero-order chi connectivity index (χ0) is 16.9. The van der Waals surface area contributed by atoms with Crippen molar-refractivity contribution in [2.45, 2.75) is 19.8 Å². The number of carbonyl (C=O) groups is 2. The van der Waals surface area contributed by atoms with Crippen LogP contribution in [0, 0.1) is 5.41 Å². The van der Waals surface area contributed by atoms with Gasteiger partial charge in [-0.25, -0.2) is 4.98 Å². The van der Waals surface area contributed by atoms with E-state index in [1.165, 1.54) is 0 Å². The summed E-state index contributed by atoms with van der Waals surface area (Å²) in [6.07, 6.45) is 0.950. The number of nitrogens with zero attached hydrogens (tertiary/aromatic N) is 1. The van der Waals surface area contributed by atoms with Crippen LogP contribution < -0.4 is 15.8 Å². The molecule has 2 heterocycles. The van der Waals surface area contributed by atoms with Gasteiger partial charge in [0, 0.05) is 25.8 Å². The average Bonchev–Trinajstić information content (AvgIpc) is 2.55. The van der Waals surface area contributed by atoms with Crippen molar-refractivity contribution in [1.82, 2.24) is 10.3 Å². The molecule has 2 rings (SSSR count). The van der Waals surface area contributed by atoms with Crippen molar-refractivity contribution in [3.05, 3.63) is 22.8 Å². The fourth-order valence-electron chi connectivity index (χ4n) is 2.42. The predicted octanol–water partition coefficient (Wildman–Crippen LogP) is 1.15. The van der Waals surface area contributed by atoms with Crippen LogP contribution in [0.4, 0.5) is 0 Å². The molecule has 0 spiro atoms. The number of rotatable bonds is 6. The van der Waals surface area contributed by atoms with Crippen molar-refractivity contribution >= 4 is 23.4 Å². The summed E-state index contributed by atoms with van der Waals surface area (Å²) in [5.74, 6) is -0.593. The normalized spacial score (nSPS) is 16.6. The molecule has 1 aromatic rings. The van der Waals surface area contributed by atoms with E-state index in [0.29, 0.717) is 38.5 Å². The van der Waals surface area contributed by atoms with Gasteiger partial charge in [0.15, 0.2) is 5.69 Å². The first-order valence-electron chi connectivity index (χ1n) is 7.44. The Morgan fingerprint density at radius 1 is 1.43 bits per heavy atom. The molecule has 0 bridgehead atoms. The van der Waals surface area contributed by atoms with Gasteiger partial charge in [-0.2, -0.15) is 0 Å². The summed E-state index contributed by atoms with van der Waals surface area (Å²) in [4.78, 5) is 28.2. The lowest BCUT2D eigenvalue weighted by Crippen LogP contribution is -2.49. The predicted molar refractivity (Wildman–Crippen MR) is 84.4 cm³/mol. The molecule has 0 atom stereocenters. The average molecular weight is 342 g/mol. The second-order valence-corrected chi connectivity index (χ2v) is 5.76. The van der Waals surface area contributed by atoms with Gasteiger partial charge >= 0.3 is 0 Å². The van der Waals surface area contributed by atoms with Gasteiger partial charge in [0.25, 0.3) is 5.91 Å². The number of amides is 2. The molecule has 3 N–H and O–H groups in total. The third-order valence-corrected chi connectivity index (χ3v) is 4.19. The first-order valence-corrected chi connectivity index (χ1v) is 7.81. The molecule has 0 radical (unpaired) electrons. The van der Waals surface area contributed by atoms with Gasteiger partial charge in [0.2, 0.25) is 11.8 Å². The third kappa shape index (κ3) is 4.11. The Hall–Kier alpha value is -1.86. The number of pyridine rings is 1. The summed E-state index contributed by atoms with van der Waals surface area (Å²) in [5.41, 5.74) is 4.78. The Morgan fingerprint density at radius 2 is 2.13 bits per heavy atom. The lowest BCUT2D eigenvalue weighted by Gasteiger charge is -2.34. The minimum absolute atomic E-state index is 0.0595. The molecular formula is C15H20ClN3O4. The van der Waals surface area contributed by atoms with E-state index in [4.69, 9.17) is 26.8 Å². The highest BCUT2D eigenvalue weighted by Gasteiger charge is 2.39. The Balaban J connectivity index is 2.09. The number of carbonyl (C=O) groups excluding carboxylic acids is 2. The lowest BCUT2D eigenvalue weighted by molar-refractivity contribution is -0.132. The highest BCUT2D eigenvalue weighted by atomic mass is 35.5. The molecule has 0 unspecified atom stereocenters. The number of nitrogens with one attached hydrogen (secondary N) is 1. The van der Waals surface area contributed by atoms with Gasteiger partial charge in [-0.15, -0.1) is 0 Å². The van der Waals surface area contributed by atoms with E-state index in [9.17, 15) is 9.59 Å². The molecule has 1 saturated heterocycles. The summed E-state index contributed by atoms with van der Waals surface area (Å²) in [6, 6.07) is 3.14. The van der Waals surface area contributed by atoms with Crippen molar-refractivity contribution in [3.8, 4) is 5.88 Å². The molecule has 1 aliphatic rings. The Kier molecular flexibility index (Phi) is 5.79. The first-order chi connectivity index (χ1) is 11.0. The number of halogens is 1. The number of primary amides is 1. The summed E-state index contributed by atoms with van der Waals surface area (Å²) in [6.45, 7) is 3.26. The zero-order valence-corrected chi connectivity index (χ0v) is 13.7. The van der Waals surface area contributed by atoms with Gasteiger partial charge in [-0.1, -0.05) is 11.6 Å². The Labute approximate surface area is 139 Å². The molecule has 0 saturated carbocycles. The van der Waals surface area contributed by atoms with Crippen LogP contribution in [0.25, 0.3) is 0 Å². The molecule has 126 valence electrons. The molecule has 0 aromatic carbocycles. The number of ether oxygens (including phenoxy) is 2. The summed E-state index contributed by atoms with van der Waals surface area (Å²) < 4.78 is 10.5. The van der Waals surface area contributed by atoms with Crippen LogP contribution in [0.3, 0.4) is 0 Å². The molecule has 1 aliphatic heterocycles. The monoisotopic (exact) mass is 341 g/mol. The Morgan fingerprint density at radius 3 is 2.74 bits per heavy atom. The van der Waals surface area contributed by atoms with E-state index in [1.807, 2.05) is 6.92 Å². The van der Waals surface area contributed by atoms with Crippen molar-refractivity contribution in [2.75, 3.05) is 26.4 Å². The van der Waals surface area contributed by atoms with Gasteiger partial charge in [-0.05, 0) is 25.8 Å². The highest BCUT2D eigenvalue weighted by Crippen LogP contribution is 2.29. The SMILES string of the molecule is CCOc1ccc(Cl)c(C(=O)NCC2(C(N)=O)CCOCC2)n1. The smallest absolute Gasteiger partial charge is 0.271 e. The van der Waals surface area contributed by atoms with Gasteiger partial charge in [-0.3, -0.25) is 9.59 Å². The number of aromatic nitrogens is 1. The second kappa shape index (κ2) is 7.61. The maximum absolute atomic E-state index is 12.3. The molecular weight excluding hydrogens is 322 g/mol. The largest absolute Gasteiger partial charge is 0.478 e. The fraction of sp³-hybridized carbons (Fsp3) is 0.533. The van der Waals surface area contributed by atoms with E-state index in [2.05, 4.69) is 10.3 Å². The lowest BCUT2D eigenvalue weighted by atomic mass is 9.79. The van der Waals surface area contributed by atoms with E-state index >= 15 is 0 Å². The van der Waals surface area contributed by atoms with Gasteiger partial charge < -0.3 is 20.5 Å². The molecule has 1 fully saturated rings. The topological polar surface area (TPSA) is 104 Å². The number of hydrogen-bond donors (Lipinski definition) is 2. The van der Waals surface area contributed by atoms with Crippen molar-refractivity contribution in [3.63, 3.8) is 0 Å². The van der Waals surface area contributed by atoms with E-state index in [1.54, 1.807) is 12.1 Å². The van der Waals surface area contributed by atoms with Crippen LogP contribution in [0.15, 0.2) is 12.1 Å². The van der Waals surface area contributed by atoms with Crippen LogP contribution >= 0.6 is 11.6 Å². The van der Waals surface area contributed by atoms with E-state index in [-0.39, 0.29) is 17.3 Å². The highest BCUT2D eigenvalue weighted by molar-refractivity contribution is 6.33. The minimum atomic E-state index is -0.794. The summed E-state index contributed by atoms with van der Waals surface area (Å²) in [7, 11) is 0. The number of hydrogen-bond acceptors (Lipinski definition) is 5. The minimum Gasteiger partial charge on any atom is -0.478 e. The maximum Gasteiger partial charge on any atom is 0.271 e. The van der Waals surface area contributed by atoms with Crippen LogP contribution in [0.1, 0.15) is 30.3 Å². The molecule has 2 amide bonds. The standard InChI is InChI=1S/C15H20ClN3O4/c1-2-23-11-4-3-10(16)12(19-11)13(20)18-9-15(14(17)21)5-7-22-8-6-15/h3-4H,2,5-9H2,1H3,(H2,17,21)(H,18,20). The van der Waals surface area contributed by atoms with Crippen LogP contribution in [0.2, 0.25) is 5.02 Å². The van der Waals surface area contributed by atoms with Crippen LogP contribution in [-0.2, 0) is 9.53 Å². The zero-order valence-electron chi connectivity index (χ0n) is 12.9. The number of nitrogens with two attached hydrogens (primary N) is 1. The van der Waals surface area contributed by atoms with E-state index < -0.39 is 17.2 Å². The second-order valence-electron chi connectivity index (χ2n) is 5.35. The quantitative estimate of drug-likeness (QED) is 0.807. The fourth-order valence-corrected chi connectivity index (χ4v) is 2.61. The van der Waals surface area contributed by atoms with Crippen molar-refractivity contribution < 1.29 is 19.1 Å². The molecule has 8 heteroatoms. The van der Waals surface area contributed by atoms with E-state index in [0.717, 1.165) is 0 Å². The Bertz CT molecular complexity index is 588. The van der Waals surface area contributed by atoms with Crippen LogP contribution in [0.5, 0.6) is 5.88 Å².